The number of carbonyl (C=O) groups excluding carboxylic acids is 2. The Hall–Kier alpha value is -1.32. The van der Waals surface area contributed by atoms with Crippen LogP contribution in [0.1, 0.15) is 146 Å². The molecular weight excluding hydrogens is 480 g/mol. The predicted molar refractivity (Wildman–Crippen MR) is 171 cm³/mol. The van der Waals surface area contributed by atoms with Gasteiger partial charge in [-0.25, -0.2) is 0 Å². The first-order valence-corrected chi connectivity index (χ1v) is 17.0. The average Bonchev–Trinajstić information content (AvgIpc) is 2.94. The van der Waals surface area contributed by atoms with Crippen molar-refractivity contribution in [2.75, 3.05) is 26.2 Å². The van der Waals surface area contributed by atoms with E-state index in [0.29, 0.717) is 29.6 Å². The average molecular weight is 549 g/mol. The monoisotopic (exact) mass is 549 g/mol. The number of rotatable bonds is 24. The molecule has 0 saturated heterocycles. The van der Waals surface area contributed by atoms with Gasteiger partial charge in [-0.15, -0.1) is 0 Å². The van der Waals surface area contributed by atoms with E-state index >= 15 is 0 Å². The molecule has 39 heavy (non-hydrogen) atoms. The van der Waals surface area contributed by atoms with Crippen LogP contribution in [0.2, 0.25) is 0 Å². The van der Waals surface area contributed by atoms with Crippen LogP contribution in [0.25, 0.3) is 0 Å². The van der Waals surface area contributed by atoms with E-state index in [1.54, 1.807) is 12.2 Å². The van der Waals surface area contributed by atoms with Crippen molar-refractivity contribution in [2.45, 2.75) is 146 Å². The normalized spacial score (nSPS) is 14.9. The summed E-state index contributed by atoms with van der Waals surface area (Å²) in [6.45, 7) is 23.4. The van der Waals surface area contributed by atoms with E-state index in [-0.39, 0.29) is 11.8 Å². The smallest absolute Gasteiger partial charge is 0.246 e. The second kappa shape index (κ2) is 23.4. The highest BCUT2D eigenvalue weighted by atomic mass is 16.2. The summed E-state index contributed by atoms with van der Waals surface area (Å²) in [5, 5.41) is 0. The second-order valence-corrected chi connectivity index (χ2v) is 12.5. The van der Waals surface area contributed by atoms with Crippen LogP contribution in [0.15, 0.2) is 12.2 Å². The molecule has 0 aliphatic rings. The molecule has 4 nitrogen and oxygen atoms in total. The van der Waals surface area contributed by atoms with Gasteiger partial charge in [-0.1, -0.05) is 127 Å². The standard InChI is InChI=1S/C35H68N2O2/c1-10-17-20-30(13-4)25-36(26-31(14-5)21-18-11-2)34(38)23-24-35(39)37(28-33(16-7)29(8)9)27-32(15-6)22-19-12-3/h23-24,29-33H,10-22,25-28H2,1-9H3/b24-23+. The topological polar surface area (TPSA) is 40.6 Å². The van der Waals surface area contributed by atoms with E-state index in [0.717, 1.165) is 58.3 Å². The molecule has 4 unspecified atom stereocenters. The predicted octanol–water partition coefficient (Wildman–Crippen LogP) is 9.53. The minimum Gasteiger partial charge on any atom is -0.339 e. The van der Waals surface area contributed by atoms with Gasteiger partial charge in [0.05, 0.1) is 0 Å². The molecule has 4 heteroatoms. The molecule has 4 atom stereocenters. The quantitative estimate of drug-likeness (QED) is 0.113. The van der Waals surface area contributed by atoms with E-state index in [2.05, 4.69) is 72.1 Å². The summed E-state index contributed by atoms with van der Waals surface area (Å²) < 4.78 is 0. The largest absolute Gasteiger partial charge is 0.339 e. The first kappa shape index (κ1) is 37.7. The summed E-state index contributed by atoms with van der Waals surface area (Å²) in [5.74, 6) is 2.61. The Kier molecular flexibility index (Phi) is 22.6. The molecule has 0 fully saturated rings. The third-order valence-electron chi connectivity index (χ3n) is 8.98. The zero-order chi connectivity index (χ0) is 29.6. The lowest BCUT2D eigenvalue weighted by Gasteiger charge is -2.32. The Labute approximate surface area is 244 Å². The van der Waals surface area contributed by atoms with Crippen LogP contribution in [-0.4, -0.2) is 47.8 Å². The Bertz CT molecular complexity index is 627. The molecule has 0 spiro atoms. The highest BCUT2D eigenvalue weighted by molar-refractivity contribution is 5.96. The summed E-state index contributed by atoms with van der Waals surface area (Å²) in [7, 11) is 0. The first-order valence-electron chi connectivity index (χ1n) is 17.0. The van der Waals surface area contributed by atoms with Gasteiger partial charge in [-0.2, -0.15) is 0 Å². The van der Waals surface area contributed by atoms with Gasteiger partial charge < -0.3 is 9.80 Å². The van der Waals surface area contributed by atoms with Crippen LogP contribution < -0.4 is 0 Å². The van der Waals surface area contributed by atoms with E-state index in [9.17, 15) is 9.59 Å². The van der Waals surface area contributed by atoms with Crippen LogP contribution in [0.3, 0.4) is 0 Å². The number of nitrogens with zero attached hydrogens (tertiary/aromatic N) is 2. The third-order valence-corrected chi connectivity index (χ3v) is 8.98. The Morgan fingerprint density at radius 3 is 1.13 bits per heavy atom. The van der Waals surface area contributed by atoms with Gasteiger partial charge in [0.25, 0.3) is 0 Å². The summed E-state index contributed by atoms with van der Waals surface area (Å²) in [5.41, 5.74) is 0. The summed E-state index contributed by atoms with van der Waals surface area (Å²) >= 11 is 0. The Morgan fingerprint density at radius 1 is 0.538 bits per heavy atom. The second-order valence-electron chi connectivity index (χ2n) is 12.5. The molecule has 2 amide bonds. The van der Waals surface area contributed by atoms with Crippen LogP contribution in [0, 0.1) is 29.6 Å². The lowest BCUT2D eigenvalue weighted by Crippen LogP contribution is -2.40. The van der Waals surface area contributed by atoms with Crippen molar-refractivity contribution >= 4 is 11.8 Å². The first-order chi connectivity index (χ1) is 18.7. The fourth-order valence-corrected chi connectivity index (χ4v) is 5.64. The number of hydrogen-bond acceptors (Lipinski definition) is 2. The van der Waals surface area contributed by atoms with E-state index < -0.39 is 0 Å². The van der Waals surface area contributed by atoms with Crippen molar-refractivity contribution in [1.29, 1.82) is 0 Å². The molecule has 0 aromatic heterocycles. The molecule has 0 aromatic rings. The molecule has 0 heterocycles. The van der Waals surface area contributed by atoms with E-state index in [4.69, 9.17) is 0 Å². The minimum atomic E-state index is 0.00778. The van der Waals surface area contributed by atoms with Gasteiger partial charge in [-0.05, 0) is 48.9 Å². The number of carbonyl (C=O) groups is 2. The number of unbranched alkanes of at least 4 members (excludes halogenated alkanes) is 3. The van der Waals surface area contributed by atoms with Gasteiger partial charge in [0.1, 0.15) is 0 Å². The molecule has 0 aromatic carbocycles. The van der Waals surface area contributed by atoms with Crippen molar-refractivity contribution in [3.63, 3.8) is 0 Å². The lowest BCUT2D eigenvalue weighted by atomic mass is 9.91. The van der Waals surface area contributed by atoms with Crippen LogP contribution in [0.5, 0.6) is 0 Å². The van der Waals surface area contributed by atoms with Crippen molar-refractivity contribution in [3.8, 4) is 0 Å². The van der Waals surface area contributed by atoms with Crippen LogP contribution in [0.4, 0.5) is 0 Å². The molecule has 0 aliphatic carbocycles. The maximum absolute atomic E-state index is 13.6. The summed E-state index contributed by atoms with van der Waals surface area (Å²) in [4.78, 5) is 31.3. The van der Waals surface area contributed by atoms with Gasteiger partial charge in [0.2, 0.25) is 11.8 Å². The zero-order valence-corrected chi connectivity index (χ0v) is 27.8. The van der Waals surface area contributed by atoms with Gasteiger partial charge in [0, 0.05) is 38.3 Å². The molecule has 0 radical (unpaired) electrons. The molecule has 0 N–H and O–H groups in total. The summed E-state index contributed by atoms with van der Waals surface area (Å²) in [6, 6.07) is 0. The van der Waals surface area contributed by atoms with E-state index in [1.807, 2.05) is 0 Å². The van der Waals surface area contributed by atoms with Gasteiger partial charge in [0.15, 0.2) is 0 Å². The fraction of sp³-hybridized carbons (Fsp3) is 0.886. The SMILES string of the molecule is CCCCC(CC)CN(CC(CC)CCCC)C(=O)/C=C/C(=O)N(CC(CC)CCCC)CC(CC)C(C)C. The van der Waals surface area contributed by atoms with Crippen LogP contribution >= 0.6 is 0 Å². The molecule has 0 saturated carbocycles. The molecule has 0 rings (SSSR count). The van der Waals surface area contributed by atoms with Crippen molar-refractivity contribution in [3.05, 3.63) is 12.2 Å². The van der Waals surface area contributed by atoms with Crippen molar-refractivity contribution < 1.29 is 9.59 Å². The minimum absolute atomic E-state index is 0.00778. The van der Waals surface area contributed by atoms with Crippen LogP contribution in [-0.2, 0) is 9.59 Å². The van der Waals surface area contributed by atoms with Gasteiger partial charge in [-0.3, -0.25) is 9.59 Å². The Balaban J connectivity index is 5.81. The lowest BCUT2D eigenvalue weighted by molar-refractivity contribution is -0.130. The number of amides is 2. The highest BCUT2D eigenvalue weighted by Gasteiger charge is 2.23. The number of hydrogen-bond donors (Lipinski definition) is 0. The molecule has 0 aliphatic heterocycles. The maximum Gasteiger partial charge on any atom is 0.246 e. The van der Waals surface area contributed by atoms with Gasteiger partial charge >= 0.3 is 0 Å². The summed E-state index contributed by atoms with van der Waals surface area (Å²) in [6.07, 6.45) is 18.2. The maximum atomic E-state index is 13.6. The molecular formula is C35H68N2O2. The highest BCUT2D eigenvalue weighted by Crippen LogP contribution is 2.22. The fourth-order valence-electron chi connectivity index (χ4n) is 5.64. The van der Waals surface area contributed by atoms with E-state index in [1.165, 1.54) is 51.4 Å². The zero-order valence-electron chi connectivity index (χ0n) is 27.8. The molecule has 0 bridgehead atoms. The Morgan fingerprint density at radius 2 is 0.872 bits per heavy atom. The van der Waals surface area contributed by atoms with Crippen molar-refractivity contribution in [1.82, 2.24) is 9.80 Å². The molecule has 230 valence electrons. The van der Waals surface area contributed by atoms with Crippen molar-refractivity contribution in [2.24, 2.45) is 29.6 Å². The third kappa shape index (κ3) is 16.5.